The van der Waals surface area contributed by atoms with E-state index in [2.05, 4.69) is 27.7 Å². The second-order valence-electron chi connectivity index (χ2n) is 12.8. The first kappa shape index (κ1) is 31.6. The highest BCUT2D eigenvalue weighted by Gasteiger charge is 2.45. The quantitative estimate of drug-likeness (QED) is 0.135. The number of hydrogen-bond donors (Lipinski definition) is 0. The number of cyclic esters (lactones) is 1. The van der Waals surface area contributed by atoms with Gasteiger partial charge in [-0.05, 0) is 54.7 Å². The van der Waals surface area contributed by atoms with E-state index >= 15 is 0 Å². The second-order valence-corrected chi connectivity index (χ2v) is 12.8. The van der Waals surface area contributed by atoms with Crippen LogP contribution in [0.2, 0.25) is 0 Å². The van der Waals surface area contributed by atoms with Crippen molar-refractivity contribution < 1.29 is 28.2 Å². The van der Waals surface area contributed by atoms with Gasteiger partial charge in [-0.1, -0.05) is 89.2 Å². The number of ether oxygens (including phenoxy) is 3. The van der Waals surface area contributed by atoms with Gasteiger partial charge in [-0.25, -0.2) is 4.79 Å². The molecule has 0 radical (unpaired) electrons. The third-order valence-electron chi connectivity index (χ3n) is 7.73. The van der Waals surface area contributed by atoms with Crippen LogP contribution in [-0.4, -0.2) is 30.8 Å². The summed E-state index contributed by atoms with van der Waals surface area (Å²) in [5.74, 6) is 1.29. The van der Waals surface area contributed by atoms with E-state index in [9.17, 15) is 9.59 Å². The van der Waals surface area contributed by atoms with Crippen LogP contribution in [0.25, 0.3) is 11.0 Å². The predicted molar refractivity (Wildman–Crippen MR) is 165 cm³/mol. The van der Waals surface area contributed by atoms with Crippen LogP contribution in [0.5, 0.6) is 0 Å². The van der Waals surface area contributed by atoms with E-state index in [4.69, 9.17) is 18.6 Å². The van der Waals surface area contributed by atoms with Gasteiger partial charge in [0.2, 0.25) is 0 Å². The summed E-state index contributed by atoms with van der Waals surface area (Å²) >= 11 is 0. The molecule has 0 N–H and O–H groups in total. The van der Waals surface area contributed by atoms with Gasteiger partial charge in [0.15, 0.2) is 5.60 Å². The zero-order chi connectivity index (χ0) is 30.1. The van der Waals surface area contributed by atoms with Crippen LogP contribution in [0, 0.1) is 23.7 Å². The molecule has 6 heteroatoms. The van der Waals surface area contributed by atoms with Crippen molar-refractivity contribution in [3.8, 4) is 0 Å². The van der Waals surface area contributed by atoms with Crippen molar-refractivity contribution in [2.45, 2.75) is 78.9 Å². The van der Waals surface area contributed by atoms with Gasteiger partial charge < -0.3 is 18.6 Å². The van der Waals surface area contributed by atoms with E-state index in [1.165, 1.54) is 0 Å². The van der Waals surface area contributed by atoms with Crippen LogP contribution in [0.1, 0.15) is 71.6 Å². The minimum atomic E-state index is -1.06. The molecule has 0 bridgehead atoms. The fourth-order valence-corrected chi connectivity index (χ4v) is 5.80. The van der Waals surface area contributed by atoms with Gasteiger partial charge in [-0.2, -0.15) is 0 Å². The first-order valence-corrected chi connectivity index (χ1v) is 15.3. The van der Waals surface area contributed by atoms with E-state index in [1.54, 1.807) is 0 Å². The molecule has 4 rings (SSSR count). The van der Waals surface area contributed by atoms with Crippen molar-refractivity contribution >= 4 is 22.9 Å². The summed E-state index contributed by atoms with van der Waals surface area (Å²) in [7, 11) is 0. The van der Waals surface area contributed by atoms with E-state index in [1.807, 2.05) is 73.7 Å². The number of hydrogen-bond acceptors (Lipinski definition) is 6. The number of rotatable bonds is 15. The maximum Gasteiger partial charge on any atom is 0.334 e. The molecule has 1 saturated heterocycles. The fraction of sp³-hybridized carbons (Fsp3) is 0.500. The summed E-state index contributed by atoms with van der Waals surface area (Å²) in [6.07, 6.45) is 5.87. The van der Waals surface area contributed by atoms with Gasteiger partial charge in [0.1, 0.15) is 18.0 Å². The number of carbonyl (C=O) groups excluding carboxylic acids is 2. The van der Waals surface area contributed by atoms with Crippen LogP contribution in [0.3, 0.4) is 0 Å². The second kappa shape index (κ2) is 14.7. The lowest BCUT2D eigenvalue weighted by Crippen LogP contribution is -2.41. The van der Waals surface area contributed by atoms with E-state index < -0.39 is 11.5 Å². The molecule has 226 valence electrons. The summed E-state index contributed by atoms with van der Waals surface area (Å²) in [5.41, 5.74) is 1.40. The lowest BCUT2D eigenvalue weighted by Gasteiger charge is -2.27. The molecule has 1 fully saturated rings. The monoisotopic (exact) mass is 574 g/mol. The molecular weight excluding hydrogens is 528 g/mol. The van der Waals surface area contributed by atoms with Gasteiger partial charge in [-0.15, -0.1) is 0 Å². The van der Waals surface area contributed by atoms with Gasteiger partial charge in [0.25, 0.3) is 0 Å². The third kappa shape index (κ3) is 9.06. The number of para-hydroxylation sites is 1. The molecular formula is C36H46O6. The number of furan rings is 1. The third-order valence-corrected chi connectivity index (χ3v) is 7.73. The average Bonchev–Trinajstić information content (AvgIpc) is 3.50. The highest BCUT2D eigenvalue weighted by atomic mass is 16.6. The van der Waals surface area contributed by atoms with E-state index in [0.29, 0.717) is 42.8 Å². The number of esters is 2. The molecule has 0 unspecified atom stereocenters. The number of allylic oxidation sites excluding steroid dienone is 1. The van der Waals surface area contributed by atoms with Crippen LogP contribution < -0.4 is 0 Å². The highest BCUT2D eigenvalue weighted by molar-refractivity contribution is 5.91. The van der Waals surface area contributed by atoms with Crippen molar-refractivity contribution in [2.24, 2.45) is 23.7 Å². The van der Waals surface area contributed by atoms with Crippen LogP contribution in [0.4, 0.5) is 0 Å². The predicted octanol–water partition coefficient (Wildman–Crippen LogP) is 8.08. The Morgan fingerprint density at radius 3 is 2.33 bits per heavy atom. The molecule has 1 aliphatic rings. The molecule has 42 heavy (non-hydrogen) atoms. The molecule has 2 aromatic carbocycles. The topological polar surface area (TPSA) is 75.0 Å². The molecule has 0 spiro atoms. The molecule has 2 atom stereocenters. The van der Waals surface area contributed by atoms with Crippen molar-refractivity contribution in [2.75, 3.05) is 13.2 Å². The SMILES string of the molecule is CC(C)CC(C/C=C1\C[C@@](COCc2ccccc2)(COC(=O)[C@H](C)Cc2cc3ccccc3o2)OC1=O)CC(C)C. The largest absolute Gasteiger partial charge is 0.461 e. The Morgan fingerprint density at radius 1 is 0.952 bits per heavy atom. The molecule has 6 nitrogen and oxygen atoms in total. The van der Waals surface area contributed by atoms with Crippen LogP contribution in [-0.2, 0) is 36.8 Å². The number of fused-ring (bicyclic) bond motifs is 1. The lowest BCUT2D eigenvalue weighted by molar-refractivity contribution is -0.171. The summed E-state index contributed by atoms with van der Waals surface area (Å²) in [6, 6.07) is 19.6. The molecule has 1 aromatic heterocycles. The Balaban J connectivity index is 1.42. The minimum Gasteiger partial charge on any atom is -0.461 e. The average molecular weight is 575 g/mol. The Kier molecular flexibility index (Phi) is 11.0. The zero-order valence-corrected chi connectivity index (χ0v) is 25.8. The first-order valence-electron chi connectivity index (χ1n) is 15.3. The molecule has 0 aliphatic carbocycles. The maximum absolute atomic E-state index is 13.1. The number of benzene rings is 2. The smallest absolute Gasteiger partial charge is 0.334 e. The Bertz CT molecular complexity index is 1290. The van der Waals surface area contributed by atoms with Crippen molar-refractivity contribution in [1.29, 1.82) is 0 Å². The summed E-state index contributed by atoms with van der Waals surface area (Å²) in [5, 5.41) is 1.00. The van der Waals surface area contributed by atoms with Crippen molar-refractivity contribution in [3.05, 3.63) is 83.6 Å². The normalized spacial score (nSPS) is 18.9. The van der Waals surface area contributed by atoms with Gasteiger partial charge >= 0.3 is 11.9 Å². The fourth-order valence-electron chi connectivity index (χ4n) is 5.80. The van der Waals surface area contributed by atoms with Crippen molar-refractivity contribution in [1.82, 2.24) is 0 Å². The molecule has 1 aliphatic heterocycles. The van der Waals surface area contributed by atoms with Crippen LogP contribution in [0.15, 0.2) is 76.7 Å². The maximum atomic E-state index is 13.1. The summed E-state index contributed by atoms with van der Waals surface area (Å²) in [6.45, 7) is 11.2. The van der Waals surface area contributed by atoms with Crippen LogP contribution >= 0.6 is 0 Å². The molecule has 0 amide bonds. The zero-order valence-electron chi connectivity index (χ0n) is 25.8. The minimum absolute atomic E-state index is 0.0599. The van der Waals surface area contributed by atoms with E-state index in [-0.39, 0.29) is 25.2 Å². The highest BCUT2D eigenvalue weighted by Crippen LogP contribution is 2.34. The lowest BCUT2D eigenvalue weighted by atomic mass is 9.86. The first-order chi connectivity index (χ1) is 20.1. The van der Waals surface area contributed by atoms with Crippen molar-refractivity contribution in [3.63, 3.8) is 0 Å². The molecule has 3 aromatic rings. The Labute approximate surface area is 250 Å². The van der Waals surface area contributed by atoms with E-state index in [0.717, 1.165) is 41.6 Å². The summed E-state index contributed by atoms with van der Waals surface area (Å²) in [4.78, 5) is 26.2. The molecule has 0 saturated carbocycles. The van der Waals surface area contributed by atoms with Gasteiger partial charge in [-0.3, -0.25) is 4.79 Å². The number of carbonyl (C=O) groups is 2. The molecule has 2 heterocycles. The Morgan fingerprint density at radius 2 is 1.64 bits per heavy atom. The summed E-state index contributed by atoms with van der Waals surface area (Å²) < 4.78 is 23.7. The van der Waals surface area contributed by atoms with Gasteiger partial charge in [0, 0.05) is 23.8 Å². The van der Waals surface area contributed by atoms with Gasteiger partial charge in [0.05, 0.1) is 19.1 Å². The standard InChI is InChI=1S/C36H46O6/c1-25(2)17-29(18-26(3)4)15-16-31-21-36(42-35(31)38,23-39-22-28-11-7-6-8-12-28)24-40-34(37)27(5)19-32-20-30-13-9-10-14-33(30)41-32/h6-14,16,20,25-27,29H,15,17-19,21-24H2,1-5H3/b31-16+/t27-,36-/m1/s1. The Hall–Kier alpha value is -3.38.